The van der Waals surface area contributed by atoms with Crippen molar-refractivity contribution in [3.63, 3.8) is 0 Å². The van der Waals surface area contributed by atoms with Crippen molar-refractivity contribution >= 4 is 37.6 Å². The van der Waals surface area contributed by atoms with Crippen molar-refractivity contribution in [2.24, 2.45) is 0 Å². The number of rotatable bonds is 5. The minimum Gasteiger partial charge on any atom is -0.262 e. The van der Waals surface area contributed by atoms with Crippen molar-refractivity contribution in [1.29, 1.82) is 0 Å². The van der Waals surface area contributed by atoms with Crippen LogP contribution in [0.1, 0.15) is 13.8 Å². The number of halogens is 2. The summed E-state index contributed by atoms with van der Waals surface area (Å²) in [6.07, 6.45) is 2.88. The van der Waals surface area contributed by atoms with Gasteiger partial charge in [-0.2, -0.15) is 4.31 Å². The zero-order valence-corrected chi connectivity index (χ0v) is 12.8. The van der Waals surface area contributed by atoms with Gasteiger partial charge in [-0.15, -0.1) is 11.6 Å². The third-order valence-corrected chi connectivity index (χ3v) is 4.81. The summed E-state index contributed by atoms with van der Waals surface area (Å²) in [5.74, 6) is 0.263. The number of alkyl halides is 1. The van der Waals surface area contributed by atoms with E-state index >= 15 is 0 Å². The van der Waals surface area contributed by atoms with Gasteiger partial charge >= 0.3 is 0 Å². The molecule has 7 heteroatoms. The Bertz CT molecular complexity index is 479. The summed E-state index contributed by atoms with van der Waals surface area (Å²) in [4.78, 5) is 4.04. The van der Waals surface area contributed by atoms with Gasteiger partial charge in [0.15, 0.2) is 0 Å². The molecule has 0 amide bonds. The van der Waals surface area contributed by atoms with Gasteiger partial charge in [0.1, 0.15) is 4.90 Å². The first-order valence-corrected chi connectivity index (χ1v) is 7.84. The van der Waals surface area contributed by atoms with Crippen LogP contribution in [0.3, 0.4) is 0 Å². The monoisotopic (exact) mass is 340 g/mol. The first-order valence-electron chi connectivity index (χ1n) is 5.08. The van der Waals surface area contributed by atoms with Crippen molar-refractivity contribution in [2.75, 3.05) is 12.4 Å². The maximum Gasteiger partial charge on any atom is 0.244 e. The molecule has 96 valence electrons. The Kier molecular flexibility index (Phi) is 5.37. The molecular weight excluding hydrogens is 328 g/mol. The predicted molar refractivity (Wildman–Crippen MR) is 71.7 cm³/mol. The van der Waals surface area contributed by atoms with Crippen molar-refractivity contribution in [1.82, 2.24) is 9.29 Å². The van der Waals surface area contributed by atoms with E-state index < -0.39 is 10.0 Å². The lowest BCUT2D eigenvalue weighted by molar-refractivity contribution is 0.370. The molecule has 17 heavy (non-hydrogen) atoms. The molecule has 4 nitrogen and oxygen atoms in total. The number of hydrogen-bond acceptors (Lipinski definition) is 3. The lowest BCUT2D eigenvalue weighted by Gasteiger charge is -2.24. The summed E-state index contributed by atoms with van der Waals surface area (Å²) in [6.45, 7) is 3.92. The fourth-order valence-electron chi connectivity index (χ4n) is 1.41. The van der Waals surface area contributed by atoms with Gasteiger partial charge in [0.25, 0.3) is 0 Å². The van der Waals surface area contributed by atoms with Gasteiger partial charge < -0.3 is 0 Å². The average molecular weight is 342 g/mol. The second kappa shape index (κ2) is 6.13. The number of pyridine rings is 1. The second-order valence-corrected chi connectivity index (χ2v) is 6.92. The molecule has 0 N–H and O–H groups in total. The number of hydrogen-bond donors (Lipinski definition) is 0. The van der Waals surface area contributed by atoms with E-state index in [0.29, 0.717) is 4.47 Å². The number of nitrogens with zero attached hydrogens (tertiary/aromatic N) is 2. The fraction of sp³-hybridized carbons (Fsp3) is 0.500. The van der Waals surface area contributed by atoms with E-state index in [2.05, 4.69) is 20.9 Å². The van der Waals surface area contributed by atoms with E-state index in [1.807, 2.05) is 13.8 Å². The molecular formula is C10H14BrClN2O2S. The maximum absolute atomic E-state index is 12.3. The van der Waals surface area contributed by atoms with Crippen LogP contribution in [0, 0.1) is 0 Å². The van der Waals surface area contributed by atoms with E-state index in [1.54, 1.807) is 6.20 Å². The highest BCUT2D eigenvalue weighted by Gasteiger charge is 2.26. The standard InChI is InChI=1S/C10H14BrClN2O2S/c1-8(2)14(4-3-12)17(15,16)10-5-9(11)6-13-7-10/h5-8H,3-4H2,1-2H3. The molecule has 0 radical (unpaired) electrons. The largest absolute Gasteiger partial charge is 0.262 e. The van der Waals surface area contributed by atoms with Crippen LogP contribution in [0.5, 0.6) is 0 Å². The lowest BCUT2D eigenvalue weighted by Crippen LogP contribution is -2.38. The van der Waals surface area contributed by atoms with Crippen molar-refractivity contribution in [3.8, 4) is 0 Å². The second-order valence-electron chi connectivity index (χ2n) is 3.74. The Hall–Kier alpha value is -0.170. The van der Waals surface area contributed by atoms with Gasteiger partial charge in [0, 0.05) is 35.3 Å². The summed E-state index contributed by atoms with van der Waals surface area (Å²) < 4.78 is 26.6. The third-order valence-electron chi connectivity index (χ3n) is 2.17. The summed E-state index contributed by atoms with van der Waals surface area (Å²) in [5, 5.41) is 0. The molecule has 1 heterocycles. The van der Waals surface area contributed by atoms with Crippen molar-refractivity contribution in [2.45, 2.75) is 24.8 Å². The highest BCUT2D eigenvalue weighted by Crippen LogP contribution is 2.20. The van der Waals surface area contributed by atoms with Gasteiger partial charge in [0.2, 0.25) is 10.0 Å². The predicted octanol–water partition coefficient (Wildman–Crippen LogP) is 2.48. The van der Waals surface area contributed by atoms with Crippen molar-refractivity contribution in [3.05, 3.63) is 22.9 Å². The third kappa shape index (κ3) is 3.64. The SMILES string of the molecule is CC(C)N(CCCl)S(=O)(=O)c1cncc(Br)c1. The van der Waals surface area contributed by atoms with Gasteiger partial charge in [0.05, 0.1) is 0 Å². The summed E-state index contributed by atoms with van der Waals surface area (Å²) in [7, 11) is -3.53. The molecule has 0 saturated heterocycles. The molecule has 0 fully saturated rings. The van der Waals surface area contributed by atoms with Crippen LogP contribution < -0.4 is 0 Å². The normalized spacial score (nSPS) is 12.4. The van der Waals surface area contributed by atoms with E-state index in [0.717, 1.165) is 0 Å². The molecule has 1 aromatic rings. The van der Waals surface area contributed by atoms with Gasteiger partial charge in [-0.05, 0) is 35.8 Å². The highest BCUT2D eigenvalue weighted by atomic mass is 79.9. The Morgan fingerprint density at radius 1 is 1.47 bits per heavy atom. The van der Waals surface area contributed by atoms with Gasteiger partial charge in [-0.25, -0.2) is 8.42 Å². The quantitative estimate of drug-likeness (QED) is 0.773. The Balaban J connectivity index is 3.16. The first kappa shape index (κ1) is 14.9. The minimum absolute atomic E-state index is 0.141. The summed E-state index contributed by atoms with van der Waals surface area (Å²) >= 11 is 8.84. The van der Waals surface area contributed by atoms with Crippen LogP contribution in [0.4, 0.5) is 0 Å². The Labute approximate surface area is 115 Å². The van der Waals surface area contributed by atoms with Gasteiger partial charge in [-0.3, -0.25) is 4.98 Å². The molecule has 0 spiro atoms. The molecule has 0 atom stereocenters. The van der Waals surface area contributed by atoms with Crippen LogP contribution in [0.2, 0.25) is 0 Å². The summed E-state index contributed by atoms with van der Waals surface area (Å²) in [5.41, 5.74) is 0. The van der Waals surface area contributed by atoms with E-state index in [-0.39, 0.29) is 23.4 Å². The molecule has 1 aromatic heterocycles. The zero-order chi connectivity index (χ0) is 13.1. The van der Waals surface area contributed by atoms with E-state index in [4.69, 9.17) is 11.6 Å². The molecule has 0 aliphatic carbocycles. The fourth-order valence-corrected chi connectivity index (χ4v) is 3.83. The molecule has 0 aromatic carbocycles. The maximum atomic E-state index is 12.3. The first-order chi connectivity index (χ1) is 7.89. The van der Waals surface area contributed by atoms with E-state index in [9.17, 15) is 8.42 Å². The number of sulfonamides is 1. The molecule has 0 bridgehead atoms. The topological polar surface area (TPSA) is 50.3 Å². The van der Waals surface area contributed by atoms with Crippen LogP contribution >= 0.6 is 27.5 Å². The molecule has 0 aliphatic rings. The van der Waals surface area contributed by atoms with Crippen LogP contribution in [0.15, 0.2) is 27.8 Å². The highest BCUT2D eigenvalue weighted by molar-refractivity contribution is 9.10. The molecule has 0 unspecified atom stereocenters. The van der Waals surface area contributed by atoms with Crippen LogP contribution in [-0.4, -0.2) is 36.2 Å². The van der Waals surface area contributed by atoms with Crippen molar-refractivity contribution < 1.29 is 8.42 Å². The number of aromatic nitrogens is 1. The average Bonchev–Trinajstić information content (AvgIpc) is 2.25. The molecule has 1 rings (SSSR count). The van der Waals surface area contributed by atoms with Gasteiger partial charge in [-0.1, -0.05) is 0 Å². The minimum atomic E-state index is -3.53. The Morgan fingerprint density at radius 3 is 2.59 bits per heavy atom. The molecule has 0 aliphatic heterocycles. The smallest absolute Gasteiger partial charge is 0.244 e. The van der Waals surface area contributed by atoms with Crippen LogP contribution in [0.25, 0.3) is 0 Å². The van der Waals surface area contributed by atoms with E-state index in [1.165, 1.54) is 16.6 Å². The molecule has 0 saturated carbocycles. The zero-order valence-electron chi connectivity index (χ0n) is 9.60. The Morgan fingerprint density at radius 2 is 2.12 bits per heavy atom. The van der Waals surface area contributed by atoms with Crippen LogP contribution in [-0.2, 0) is 10.0 Å². The lowest BCUT2D eigenvalue weighted by atomic mass is 10.4. The summed E-state index contributed by atoms with van der Waals surface area (Å²) in [6, 6.07) is 1.39.